The fourth-order valence-electron chi connectivity index (χ4n) is 4.08. The van der Waals surface area contributed by atoms with Crippen molar-refractivity contribution in [1.29, 1.82) is 0 Å². The molecule has 1 aromatic heterocycles. The molecule has 33 heavy (non-hydrogen) atoms. The summed E-state index contributed by atoms with van der Waals surface area (Å²) in [5, 5.41) is 11.0. The third-order valence-corrected chi connectivity index (χ3v) is 5.74. The Morgan fingerprint density at radius 1 is 1.09 bits per heavy atom. The van der Waals surface area contributed by atoms with Crippen molar-refractivity contribution in [3.05, 3.63) is 71.5 Å². The maximum absolute atomic E-state index is 13.3. The molecule has 1 fully saturated rings. The van der Waals surface area contributed by atoms with Gasteiger partial charge in [0.25, 0.3) is 11.8 Å². The molecule has 2 heterocycles. The maximum Gasteiger partial charge on any atom is 0.273 e. The molecular weight excluding hydrogens is 422 g/mol. The van der Waals surface area contributed by atoms with Crippen molar-refractivity contribution < 1.29 is 19.1 Å². The number of nitrogens with zero attached hydrogens (tertiary/aromatic N) is 4. The van der Waals surface area contributed by atoms with Gasteiger partial charge in [0.1, 0.15) is 0 Å². The highest BCUT2D eigenvalue weighted by Crippen LogP contribution is 2.33. The van der Waals surface area contributed by atoms with Crippen molar-refractivity contribution in [3.63, 3.8) is 0 Å². The van der Waals surface area contributed by atoms with Crippen LogP contribution in [0.4, 0.5) is 0 Å². The Labute approximate surface area is 192 Å². The normalized spacial score (nSPS) is 15.3. The SMILES string of the molecule is COc1cccc(C(=O)N2CCC[C@H]2Cn2cc(C(=O)NCc3ccccc3)nn2)c1OC. The van der Waals surface area contributed by atoms with Gasteiger partial charge in [0, 0.05) is 13.1 Å². The summed E-state index contributed by atoms with van der Waals surface area (Å²) in [7, 11) is 3.07. The number of carbonyl (C=O) groups excluding carboxylic acids is 2. The van der Waals surface area contributed by atoms with E-state index >= 15 is 0 Å². The zero-order valence-electron chi connectivity index (χ0n) is 18.7. The second-order valence-corrected chi connectivity index (χ2v) is 7.83. The van der Waals surface area contributed by atoms with Crippen LogP contribution in [0.2, 0.25) is 0 Å². The van der Waals surface area contributed by atoms with Crippen LogP contribution in [0.5, 0.6) is 11.5 Å². The zero-order valence-corrected chi connectivity index (χ0v) is 18.7. The van der Waals surface area contributed by atoms with Gasteiger partial charge in [-0.15, -0.1) is 5.10 Å². The number of hydrogen-bond acceptors (Lipinski definition) is 6. The van der Waals surface area contributed by atoms with E-state index in [0.717, 1.165) is 18.4 Å². The smallest absolute Gasteiger partial charge is 0.273 e. The summed E-state index contributed by atoms with van der Waals surface area (Å²) in [5.41, 5.74) is 1.71. The summed E-state index contributed by atoms with van der Waals surface area (Å²) in [4.78, 5) is 27.6. The van der Waals surface area contributed by atoms with Crippen LogP contribution in [0.3, 0.4) is 0 Å². The first kappa shape index (κ1) is 22.3. The molecule has 172 valence electrons. The van der Waals surface area contributed by atoms with Gasteiger partial charge in [-0.1, -0.05) is 41.6 Å². The zero-order chi connectivity index (χ0) is 23.2. The molecule has 9 nitrogen and oxygen atoms in total. The average molecular weight is 450 g/mol. The molecule has 0 spiro atoms. The molecule has 2 amide bonds. The Morgan fingerprint density at radius 2 is 1.91 bits per heavy atom. The van der Waals surface area contributed by atoms with E-state index in [4.69, 9.17) is 9.47 Å². The first-order chi connectivity index (χ1) is 16.1. The topological polar surface area (TPSA) is 98.6 Å². The number of amides is 2. The quantitative estimate of drug-likeness (QED) is 0.568. The summed E-state index contributed by atoms with van der Waals surface area (Å²) in [5.74, 6) is 0.537. The molecule has 3 aromatic rings. The number of benzene rings is 2. The minimum absolute atomic E-state index is 0.0599. The molecule has 0 aliphatic carbocycles. The summed E-state index contributed by atoms with van der Waals surface area (Å²) < 4.78 is 12.4. The Balaban J connectivity index is 1.42. The van der Waals surface area contributed by atoms with Gasteiger partial charge in [0.05, 0.1) is 38.6 Å². The van der Waals surface area contributed by atoms with Gasteiger partial charge in [0.15, 0.2) is 17.2 Å². The standard InChI is InChI=1S/C24H27N5O4/c1-32-21-12-6-11-19(22(21)33-2)24(31)29-13-7-10-18(29)15-28-16-20(26-27-28)23(30)25-14-17-8-4-3-5-9-17/h3-6,8-9,11-12,16,18H,7,10,13-15H2,1-2H3,(H,25,30)/t18-/m0/s1. The van der Waals surface area contributed by atoms with E-state index < -0.39 is 0 Å². The molecule has 0 unspecified atom stereocenters. The molecule has 0 radical (unpaired) electrons. The van der Waals surface area contributed by atoms with Crippen LogP contribution in [0.15, 0.2) is 54.7 Å². The monoisotopic (exact) mass is 449 g/mol. The third-order valence-electron chi connectivity index (χ3n) is 5.74. The molecule has 1 N–H and O–H groups in total. The average Bonchev–Trinajstić information content (AvgIpc) is 3.52. The summed E-state index contributed by atoms with van der Waals surface area (Å²) in [6.07, 6.45) is 3.35. The van der Waals surface area contributed by atoms with Crippen molar-refractivity contribution in [2.24, 2.45) is 0 Å². The fraction of sp³-hybridized carbons (Fsp3) is 0.333. The van der Waals surface area contributed by atoms with Gasteiger partial charge < -0.3 is 19.7 Å². The first-order valence-corrected chi connectivity index (χ1v) is 10.8. The molecule has 9 heteroatoms. The first-order valence-electron chi connectivity index (χ1n) is 10.8. The summed E-state index contributed by atoms with van der Waals surface area (Å²) in [6, 6.07) is 14.9. The van der Waals surface area contributed by atoms with E-state index in [2.05, 4.69) is 15.6 Å². The van der Waals surface area contributed by atoms with Gasteiger partial charge in [-0.2, -0.15) is 0 Å². The highest BCUT2D eigenvalue weighted by atomic mass is 16.5. The second-order valence-electron chi connectivity index (χ2n) is 7.83. The number of rotatable bonds is 8. The lowest BCUT2D eigenvalue weighted by atomic mass is 10.1. The Hall–Kier alpha value is -3.88. The highest BCUT2D eigenvalue weighted by molar-refractivity contribution is 5.98. The lowest BCUT2D eigenvalue weighted by molar-refractivity contribution is 0.0716. The number of likely N-dealkylation sites (tertiary alicyclic amines) is 1. The van der Waals surface area contributed by atoms with E-state index in [0.29, 0.717) is 36.7 Å². The van der Waals surface area contributed by atoms with Crippen molar-refractivity contribution in [3.8, 4) is 11.5 Å². The number of ether oxygens (including phenoxy) is 2. The van der Waals surface area contributed by atoms with Crippen LogP contribution < -0.4 is 14.8 Å². The van der Waals surface area contributed by atoms with Gasteiger partial charge >= 0.3 is 0 Å². The predicted molar refractivity (Wildman–Crippen MR) is 121 cm³/mol. The van der Waals surface area contributed by atoms with Crippen LogP contribution in [-0.4, -0.2) is 58.5 Å². The molecular formula is C24H27N5O4. The molecule has 1 atom stereocenters. The van der Waals surface area contributed by atoms with E-state index in [1.54, 1.807) is 36.2 Å². The van der Waals surface area contributed by atoms with Crippen LogP contribution >= 0.6 is 0 Å². The van der Waals surface area contributed by atoms with Gasteiger partial charge in [-0.05, 0) is 30.5 Å². The molecule has 2 aromatic carbocycles. The number of para-hydroxylation sites is 1. The molecule has 1 saturated heterocycles. The Kier molecular flexibility index (Phi) is 6.87. The van der Waals surface area contributed by atoms with E-state index in [1.807, 2.05) is 35.2 Å². The maximum atomic E-state index is 13.3. The molecule has 0 bridgehead atoms. The molecule has 0 saturated carbocycles. The minimum Gasteiger partial charge on any atom is -0.493 e. The van der Waals surface area contributed by atoms with E-state index in [-0.39, 0.29) is 23.6 Å². The Bertz CT molecular complexity index is 1120. The van der Waals surface area contributed by atoms with Crippen molar-refractivity contribution in [2.75, 3.05) is 20.8 Å². The minimum atomic E-state index is -0.287. The van der Waals surface area contributed by atoms with Gasteiger partial charge in [0.2, 0.25) is 0 Å². The number of hydrogen-bond donors (Lipinski definition) is 1. The van der Waals surface area contributed by atoms with E-state index in [1.165, 1.54) is 7.11 Å². The third kappa shape index (κ3) is 4.97. The lowest BCUT2D eigenvalue weighted by Crippen LogP contribution is -2.38. The summed E-state index contributed by atoms with van der Waals surface area (Å²) in [6.45, 7) is 1.51. The largest absolute Gasteiger partial charge is 0.493 e. The number of methoxy groups -OCH3 is 2. The second kappa shape index (κ2) is 10.2. The van der Waals surface area contributed by atoms with Crippen LogP contribution in [0.25, 0.3) is 0 Å². The van der Waals surface area contributed by atoms with Gasteiger partial charge in [-0.25, -0.2) is 4.68 Å². The lowest BCUT2D eigenvalue weighted by Gasteiger charge is -2.25. The highest BCUT2D eigenvalue weighted by Gasteiger charge is 2.32. The van der Waals surface area contributed by atoms with E-state index in [9.17, 15) is 9.59 Å². The van der Waals surface area contributed by atoms with Gasteiger partial charge in [-0.3, -0.25) is 9.59 Å². The predicted octanol–water partition coefficient (Wildman–Crippen LogP) is 2.53. The van der Waals surface area contributed by atoms with Crippen molar-refractivity contribution in [2.45, 2.75) is 32.0 Å². The fourth-order valence-corrected chi connectivity index (χ4v) is 4.08. The number of carbonyl (C=O) groups is 2. The van der Waals surface area contributed by atoms with Crippen LogP contribution in [0.1, 0.15) is 39.3 Å². The van der Waals surface area contributed by atoms with Crippen molar-refractivity contribution in [1.82, 2.24) is 25.2 Å². The molecule has 1 aliphatic rings. The van der Waals surface area contributed by atoms with Crippen molar-refractivity contribution >= 4 is 11.8 Å². The summed E-state index contributed by atoms with van der Waals surface area (Å²) >= 11 is 0. The molecule has 4 rings (SSSR count). The van der Waals surface area contributed by atoms with Crippen LogP contribution in [0, 0.1) is 0 Å². The van der Waals surface area contributed by atoms with Crippen LogP contribution in [-0.2, 0) is 13.1 Å². The Morgan fingerprint density at radius 3 is 2.67 bits per heavy atom. The number of nitrogens with one attached hydrogen (secondary N) is 1. The molecule has 1 aliphatic heterocycles. The number of aromatic nitrogens is 3.